The second kappa shape index (κ2) is 6.72. The molecule has 1 aromatic carbocycles. The van der Waals surface area contributed by atoms with Gasteiger partial charge < -0.3 is 11.1 Å². The predicted molar refractivity (Wildman–Crippen MR) is 76.5 cm³/mol. The van der Waals surface area contributed by atoms with E-state index in [4.69, 9.17) is 10.3 Å². The fraction of sp³-hybridized carbons (Fsp3) is 0.500. The number of nitrogen functional groups attached to an aromatic ring is 1. The van der Waals surface area contributed by atoms with Gasteiger partial charge in [-0.05, 0) is 37.1 Å². The first-order valence-electron chi connectivity index (χ1n) is 5.94. The zero-order valence-corrected chi connectivity index (χ0v) is 11.8. The molecule has 18 heavy (non-hydrogen) atoms. The van der Waals surface area contributed by atoms with Crippen molar-refractivity contribution in [1.82, 2.24) is 4.31 Å². The Balaban J connectivity index is 2.78. The Hall–Kier alpha value is -1.11. The molecule has 0 fully saturated rings. The van der Waals surface area contributed by atoms with Crippen LogP contribution in [0.5, 0.6) is 0 Å². The van der Waals surface area contributed by atoms with E-state index in [1.807, 2.05) is 25.1 Å². The summed E-state index contributed by atoms with van der Waals surface area (Å²) in [6, 6.07) is 5.72. The highest BCUT2D eigenvalue weighted by atomic mass is 32.2. The topological polar surface area (TPSA) is 78.6 Å². The van der Waals surface area contributed by atoms with Gasteiger partial charge in [0.1, 0.15) is 0 Å². The zero-order chi connectivity index (χ0) is 13.7. The standard InChI is InChI=1S/C12H21N3O2S/c1-4-5-10-8-11(6-7-12(10)13)14-9(2)15(3)18(16)17/h6-9,14H,4-5,13H2,1-3H3,(H,16,17). The smallest absolute Gasteiger partial charge is 0.236 e. The van der Waals surface area contributed by atoms with E-state index in [0.717, 1.165) is 29.8 Å². The summed E-state index contributed by atoms with van der Waals surface area (Å²) in [5, 5.41) is 3.17. The van der Waals surface area contributed by atoms with Gasteiger partial charge in [-0.15, -0.1) is 0 Å². The second-order valence-electron chi connectivity index (χ2n) is 4.26. The largest absolute Gasteiger partial charge is 0.399 e. The molecule has 0 aliphatic carbocycles. The molecule has 5 nitrogen and oxygen atoms in total. The third-order valence-electron chi connectivity index (χ3n) is 2.83. The van der Waals surface area contributed by atoms with E-state index in [1.54, 1.807) is 7.05 Å². The molecule has 6 heteroatoms. The van der Waals surface area contributed by atoms with Crippen molar-refractivity contribution >= 4 is 22.6 Å². The van der Waals surface area contributed by atoms with Crippen molar-refractivity contribution < 1.29 is 8.76 Å². The fourth-order valence-corrected chi connectivity index (χ4v) is 1.97. The Kier molecular flexibility index (Phi) is 5.58. The van der Waals surface area contributed by atoms with E-state index in [0.29, 0.717) is 0 Å². The van der Waals surface area contributed by atoms with Crippen LogP contribution < -0.4 is 11.1 Å². The zero-order valence-electron chi connectivity index (χ0n) is 11.0. The first-order valence-corrected chi connectivity index (χ1v) is 7.00. The monoisotopic (exact) mass is 271 g/mol. The molecular formula is C12H21N3O2S. The molecule has 2 unspecified atom stereocenters. The number of aryl methyl sites for hydroxylation is 1. The molecule has 0 saturated heterocycles. The van der Waals surface area contributed by atoms with Crippen LogP contribution in [0.1, 0.15) is 25.8 Å². The number of hydrogen-bond donors (Lipinski definition) is 3. The molecular weight excluding hydrogens is 250 g/mol. The minimum absolute atomic E-state index is 0.242. The van der Waals surface area contributed by atoms with Gasteiger partial charge in [-0.25, -0.2) is 4.21 Å². The van der Waals surface area contributed by atoms with Gasteiger partial charge >= 0.3 is 0 Å². The van der Waals surface area contributed by atoms with Crippen LogP contribution in [0.15, 0.2) is 18.2 Å². The normalized spacial score (nSPS) is 14.5. The van der Waals surface area contributed by atoms with Crippen LogP contribution in [0.2, 0.25) is 0 Å². The molecule has 1 aromatic rings. The average Bonchev–Trinajstić information content (AvgIpc) is 2.32. The van der Waals surface area contributed by atoms with E-state index < -0.39 is 11.3 Å². The SMILES string of the molecule is CCCc1cc(NC(C)N(C)S(=O)O)ccc1N. The molecule has 2 atom stereocenters. The third-order valence-corrected chi connectivity index (χ3v) is 3.64. The van der Waals surface area contributed by atoms with Crippen LogP contribution in [0, 0.1) is 0 Å². The summed E-state index contributed by atoms with van der Waals surface area (Å²) in [6.45, 7) is 3.93. The molecule has 102 valence electrons. The second-order valence-corrected chi connectivity index (χ2v) is 5.30. The maximum atomic E-state index is 10.9. The summed E-state index contributed by atoms with van der Waals surface area (Å²) < 4.78 is 21.3. The number of nitrogens with one attached hydrogen (secondary N) is 1. The van der Waals surface area contributed by atoms with Gasteiger partial charge in [-0.3, -0.25) is 4.55 Å². The summed E-state index contributed by atoms with van der Waals surface area (Å²) in [4.78, 5) is 0. The number of anilines is 2. The fourth-order valence-electron chi connectivity index (χ4n) is 1.65. The van der Waals surface area contributed by atoms with Gasteiger partial charge in [0.05, 0.1) is 6.17 Å². The summed E-state index contributed by atoms with van der Waals surface area (Å²) in [7, 11) is 1.58. The lowest BCUT2D eigenvalue weighted by Gasteiger charge is -2.23. The van der Waals surface area contributed by atoms with Gasteiger partial charge in [0, 0.05) is 18.4 Å². The van der Waals surface area contributed by atoms with Crippen LogP contribution in [0.3, 0.4) is 0 Å². The number of nitrogens with zero attached hydrogens (tertiary/aromatic N) is 1. The van der Waals surface area contributed by atoms with Crippen molar-refractivity contribution in [3.8, 4) is 0 Å². The highest BCUT2D eigenvalue weighted by Gasteiger charge is 2.13. The Morgan fingerprint density at radius 2 is 2.22 bits per heavy atom. The van der Waals surface area contributed by atoms with Gasteiger partial charge in [-0.2, -0.15) is 4.31 Å². The van der Waals surface area contributed by atoms with Crippen molar-refractivity contribution in [2.45, 2.75) is 32.9 Å². The Labute approximate surface area is 111 Å². The van der Waals surface area contributed by atoms with E-state index in [1.165, 1.54) is 4.31 Å². The lowest BCUT2D eigenvalue weighted by atomic mass is 10.1. The van der Waals surface area contributed by atoms with E-state index in [9.17, 15) is 4.21 Å². The van der Waals surface area contributed by atoms with Gasteiger partial charge in [0.25, 0.3) is 0 Å². The minimum atomic E-state index is -1.98. The highest BCUT2D eigenvalue weighted by molar-refractivity contribution is 7.76. The first-order chi connectivity index (χ1) is 8.45. The van der Waals surface area contributed by atoms with Crippen LogP contribution in [0.4, 0.5) is 11.4 Å². The molecule has 0 aliphatic rings. The Morgan fingerprint density at radius 1 is 1.56 bits per heavy atom. The van der Waals surface area contributed by atoms with E-state index >= 15 is 0 Å². The van der Waals surface area contributed by atoms with Crippen LogP contribution >= 0.6 is 0 Å². The average molecular weight is 271 g/mol. The van der Waals surface area contributed by atoms with Crippen molar-refractivity contribution in [3.05, 3.63) is 23.8 Å². The number of benzene rings is 1. The maximum absolute atomic E-state index is 10.9. The van der Waals surface area contributed by atoms with Crippen LogP contribution in [-0.2, 0) is 17.7 Å². The molecule has 0 aliphatic heterocycles. The van der Waals surface area contributed by atoms with Gasteiger partial charge in [0.15, 0.2) is 0 Å². The highest BCUT2D eigenvalue weighted by Crippen LogP contribution is 2.20. The lowest BCUT2D eigenvalue weighted by Crippen LogP contribution is -2.36. The van der Waals surface area contributed by atoms with Crippen molar-refractivity contribution in [2.24, 2.45) is 0 Å². The number of hydrogen-bond acceptors (Lipinski definition) is 3. The van der Waals surface area contributed by atoms with Crippen LogP contribution in [-0.4, -0.2) is 26.3 Å². The van der Waals surface area contributed by atoms with Gasteiger partial charge in [0.2, 0.25) is 11.3 Å². The van der Waals surface area contributed by atoms with E-state index in [-0.39, 0.29) is 6.17 Å². The summed E-state index contributed by atoms with van der Waals surface area (Å²) in [6.07, 6.45) is 1.72. The molecule has 0 heterocycles. The van der Waals surface area contributed by atoms with Crippen molar-refractivity contribution in [1.29, 1.82) is 0 Å². The summed E-state index contributed by atoms with van der Waals surface area (Å²) in [5.41, 5.74) is 8.67. The van der Waals surface area contributed by atoms with Crippen molar-refractivity contribution in [2.75, 3.05) is 18.1 Å². The molecule has 0 bridgehead atoms. The Morgan fingerprint density at radius 3 is 2.78 bits per heavy atom. The summed E-state index contributed by atoms with van der Waals surface area (Å²) in [5.74, 6) is 0. The number of rotatable bonds is 6. The number of nitrogens with two attached hydrogens (primary N) is 1. The molecule has 1 rings (SSSR count). The molecule has 0 saturated carbocycles. The van der Waals surface area contributed by atoms with Crippen molar-refractivity contribution in [3.63, 3.8) is 0 Å². The molecule has 0 aromatic heterocycles. The van der Waals surface area contributed by atoms with Crippen LogP contribution in [0.25, 0.3) is 0 Å². The minimum Gasteiger partial charge on any atom is -0.399 e. The quantitative estimate of drug-likeness (QED) is 0.420. The maximum Gasteiger partial charge on any atom is 0.236 e. The lowest BCUT2D eigenvalue weighted by molar-refractivity contribution is 0.403. The third kappa shape index (κ3) is 3.97. The molecule has 0 spiro atoms. The molecule has 4 N–H and O–H groups in total. The first kappa shape index (κ1) is 14.9. The molecule has 0 radical (unpaired) electrons. The molecule has 0 amide bonds. The van der Waals surface area contributed by atoms with E-state index in [2.05, 4.69) is 12.2 Å². The summed E-state index contributed by atoms with van der Waals surface area (Å²) >= 11 is -1.98. The Bertz CT molecular complexity index is 426. The van der Waals surface area contributed by atoms with Gasteiger partial charge in [-0.1, -0.05) is 13.3 Å². The predicted octanol–water partition coefficient (Wildman–Crippen LogP) is 2.05.